The second-order valence-corrected chi connectivity index (χ2v) is 6.01. The van der Waals surface area contributed by atoms with E-state index in [0.717, 1.165) is 25.2 Å². The smallest absolute Gasteiger partial charge is 0.253 e. The Balaban J connectivity index is 0.00000132. The lowest BCUT2D eigenvalue weighted by atomic mass is 9.90. The van der Waals surface area contributed by atoms with E-state index in [2.05, 4.69) is 11.9 Å². The Bertz CT molecular complexity index is 647. The molecule has 7 heteroatoms. The lowest BCUT2D eigenvalue weighted by molar-refractivity contribution is 0.0777. The van der Waals surface area contributed by atoms with Gasteiger partial charge >= 0.3 is 0 Å². The normalized spacial score (nSPS) is 19.8. The number of amides is 1. The standard InChI is InChI=1S/C16H20N4O.2ClH/c1-16(10-17)5-7-19(11-16)15(21)13-3-2-4-14(9-13)20-8-6-18-12-20;;/h2-4,6,8-9,12H,5,7,10-11,17H2,1H3;2*1H. The van der Waals surface area contributed by atoms with Crippen LogP contribution in [0.1, 0.15) is 23.7 Å². The summed E-state index contributed by atoms with van der Waals surface area (Å²) in [5.74, 6) is 0.0779. The monoisotopic (exact) mass is 356 g/mol. The molecule has 1 saturated heterocycles. The SMILES string of the molecule is CC1(CN)CCN(C(=O)c2cccc(-n3ccnc3)c2)C1.Cl.Cl. The van der Waals surface area contributed by atoms with Gasteiger partial charge < -0.3 is 15.2 Å². The molecule has 1 aliphatic rings. The van der Waals surface area contributed by atoms with Crippen molar-refractivity contribution in [2.75, 3.05) is 19.6 Å². The highest BCUT2D eigenvalue weighted by Gasteiger charge is 2.35. The predicted octanol–water partition coefficient (Wildman–Crippen LogP) is 2.53. The molecule has 1 aliphatic heterocycles. The van der Waals surface area contributed by atoms with E-state index in [4.69, 9.17) is 5.73 Å². The third kappa shape index (κ3) is 4.05. The summed E-state index contributed by atoms with van der Waals surface area (Å²) in [7, 11) is 0. The van der Waals surface area contributed by atoms with E-state index in [-0.39, 0.29) is 36.1 Å². The molecule has 2 aromatic rings. The van der Waals surface area contributed by atoms with Crippen LogP contribution in [0.5, 0.6) is 0 Å². The molecule has 2 N–H and O–H groups in total. The number of hydrogen-bond acceptors (Lipinski definition) is 3. The molecule has 1 aromatic carbocycles. The summed E-state index contributed by atoms with van der Waals surface area (Å²) in [5, 5.41) is 0. The van der Waals surface area contributed by atoms with Crippen LogP contribution in [0.25, 0.3) is 5.69 Å². The molecule has 23 heavy (non-hydrogen) atoms. The zero-order valence-electron chi connectivity index (χ0n) is 13.0. The Morgan fingerprint density at radius 2 is 2.17 bits per heavy atom. The molecule has 1 amide bonds. The van der Waals surface area contributed by atoms with Gasteiger partial charge in [0.15, 0.2) is 0 Å². The second-order valence-electron chi connectivity index (χ2n) is 6.01. The van der Waals surface area contributed by atoms with Crippen molar-refractivity contribution in [3.05, 3.63) is 48.5 Å². The van der Waals surface area contributed by atoms with Gasteiger partial charge in [-0.3, -0.25) is 4.79 Å². The van der Waals surface area contributed by atoms with Gasteiger partial charge in [-0.2, -0.15) is 0 Å². The third-order valence-corrected chi connectivity index (χ3v) is 4.23. The van der Waals surface area contributed by atoms with Gasteiger partial charge in [0, 0.05) is 36.7 Å². The lowest BCUT2D eigenvalue weighted by Crippen LogP contribution is -2.34. The van der Waals surface area contributed by atoms with Crippen molar-refractivity contribution in [1.29, 1.82) is 0 Å². The predicted molar refractivity (Wildman–Crippen MR) is 95.7 cm³/mol. The molecule has 1 unspecified atom stereocenters. The van der Waals surface area contributed by atoms with Crippen LogP contribution in [0.2, 0.25) is 0 Å². The van der Waals surface area contributed by atoms with E-state index >= 15 is 0 Å². The number of imidazole rings is 1. The number of benzene rings is 1. The van der Waals surface area contributed by atoms with Crippen molar-refractivity contribution in [2.45, 2.75) is 13.3 Å². The topological polar surface area (TPSA) is 64.2 Å². The summed E-state index contributed by atoms with van der Waals surface area (Å²) < 4.78 is 1.89. The average Bonchev–Trinajstić information content (AvgIpc) is 3.17. The largest absolute Gasteiger partial charge is 0.338 e. The summed E-state index contributed by atoms with van der Waals surface area (Å²) in [6.45, 7) is 4.27. The highest BCUT2D eigenvalue weighted by molar-refractivity contribution is 5.95. The molecule has 1 aromatic heterocycles. The van der Waals surface area contributed by atoms with Crippen LogP contribution in [-0.2, 0) is 0 Å². The zero-order valence-corrected chi connectivity index (χ0v) is 14.6. The van der Waals surface area contributed by atoms with Gasteiger partial charge in [-0.05, 0) is 36.6 Å². The number of rotatable bonds is 3. The third-order valence-electron chi connectivity index (χ3n) is 4.23. The van der Waals surface area contributed by atoms with E-state index in [1.807, 2.05) is 39.9 Å². The number of halogens is 2. The summed E-state index contributed by atoms with van der Waals surface area (Å²) in [5.41, 5.74) is 7.52. The minimum Gasteiger partial charge on any atom is -0.338 e. The second kappa shape index (κ2) is 7.81. The summed E-state index contributed by atoms with van der Waals surface area (Å²) in [4.78, 5) is 18.6. The Hall–Kier alpha value is -1.56. The first kappa shape index (κ1) is 19.5. The van der Waals surface area contributed by atoms with Crippen LogP contribution in [-0.4, -0.2) is 40.0 Å². The molecule has 5 nitrogen and oxygen atoms in total. The maximum atomic E-state index is 12.6. The molecule has 126 valence electrons. The van der Waals surface area contributed by atoms with Crippen molar-refractivity contribution in [3.63, 3.8) is 0 Å². The first-order chi connectivity index (χ1) is 10.1. The number of nitrogens with two attached hydrogens (primary N) is 1. The van der Waals surface area contributed by atoms with E-state index in [1.165, 1.54) is 0 Å². The fraction of sp³-hybridized carbons (Fsp3) is 0.375. The molecule has 3 rings (SSSR count). The van der Waals surface area contributed by atoms with Gasteiger partial charge in [-0.25, -0.2) is 4.98 Å². The number of likely N-dealkylation sites (tertiary alicyclic amines) is 1. The molecule has 0 bridgehead atoms. The van der Waals surface area contributed by atoms with E-state index in [1.54, 1.807) is 12.5 Å². The maximum absolute atomic E-state index is 12.6. The van der Waals surface area contributed by atoms with E-state index in [0.29, 0.717) is 12.1 Å². The van der Waals surface area contributed by atoms with Gasteiger partial charge in [0.05, 0.1) is 6.33 Å². The van der Waals surface area contributed by atoms with Crippen LogP contribution < -0.4 is 5.73 Å². The molecule has 2 heterocycles. The van der Waals surface area contributed by atoms with Gasteiger partial charge in [-0.15, -0.1) is 24.8 Å². The number of aromatic nitrogens is 2. The van der Waals surface area contributed by atoms with E-state index < -0.39 is 0 Å². The van der Waals surface area contributed by atoms with Crippen molar-refractivity contribution in [2.24, 2.45) is 11.1 Å². The van der Waals surface area contributed by atoms with Crippen molar-refractivity contribution in [1.82, 2.24) is 14.5 Å². The Labute approximate surface area is 148 Å². The quantitative estimate of drug-likeness (QED) is 0.918. The first-order valence-electron chi connectivity index (χ1n) is 7.19. The van der Waals surface area contributed by atoms with Crippen molar-refractivity contribution in [3.8, 4) is 5.69 Å². The Morgan fingerprint density at radius 1 is 1.39 bits per heavy atom. The maximum Gasteiger partial charge on any atom is 0.253 e. The molecule has 1 atom stereocenters. The average molecular weight is 357 g/mol. The fourth-order valence-electron chi connectivity index (χ4n) is 2.76. The minimum absolute atomic E-state index is 0. The van der Waals surface area contributed by atoms with Crippen LogP contribution in [0.3, 0.4) is 0 Å². The number of carbonyl (C=O) groups excluding carboxylic acids is 1. The van der Waals surface area contributed by atoms with Gasteiger partial charge in [-0.1, -0.05) is 13.0 Å². The van der Waals surface area contributed by atoms with Crippen LogP contribution in [0, 0.1) is 5.41 Å². The van der Waals surface area contributed by atoms with Gasteiger partial charge in [0.2, 0.25) is 0 Å². The van der Waals surface area contributed by atoms with Gasteiger partial charge in [0.1, 0.15) is 0 Å². The number of nitrogens with zero attached hydrogens (tertiary/aromatic N) is 3. The Kier molecular flexibility index (Phi) is 6.62. The lowest BCUT2D eigenvalue weighted by Gasteiger charge is -2.22. The van der Waals surface area contributed by atoms with Crippen LogP contribution in [0.15, 0.2) is 43.0 Å². The molecule has 0 radical (unpaired) electrons. The summed E-state index contributed by atoms with van der Waals surface area (Å²) in [6.07, 6.45) is 6.29. The molecule has 0 saturated carbocycles. The highest BCUT2D eigenvalue weighted by Crippen LogP contribution is 2.29. The number of carbonyl (C=O) groups is 1. The van der Waals surface area contributed by atoms with Crippen LogP contribution >= 0.6 is 24.8 Å². The molecular formula is C16H22Cl2N4O. The van der Waals surface area contributed by atoms with Crippen molar-refractivity contribution >= 4 is 30.7 Å². The molecule has 0 spiro atoms. The number of hydrogen-bond donors (Lipinski definition) is 1. The van der Waals surface area contributed by atoms with Gasteiger partial charge in [0.25, 0.3) is 5.91 Å². The molecular weight excluding hydrogens is 335 g/mol. The molecule has 0 aliphatic carbocycles. The van der Waals surface area contributed by atoms with E-state index in [9.17, 15) is 4.79 Å². The van der Waals surface area contributed by atoms with Crippen LogP contribution in [0.4, 0.5) is 0 Å². The fourth-order valence-corrected chi connectivity index (χ4v) is 2.76. The van der Waals surface area contributed by atoms with Crippen molar-refractivity contribution < 1.29 is 4.79 Å². The Morgan fingerprint density at radius 3 is 2.78 bits per heavy atom. The molecule has 1 fully saturated rings. The minimum atomic E-state index is 0. The summed E-state index contributed by atoms with van der Waals surface area (Å²) >= 11 is 0. The summed E-state index contributed by atoms with van der Waals surface area (Å²) in [6, 6.07) is 7.64. The zero-order chi connectivity index (χ0) is 14.9. The first-order valence-corrected chi connectivity index (χ1v) is 7.19. The highest BCUT2D eigenvalue weighted by atomic mass is 35.5.